The summed E-state index contributed by atoms with van der Waals surface area (Å²) < 4.78 is 36.6. The summed E-state index contributed by atoms with van der Waals surface area (Å²) in [6.45, 7) is 8.96. The van der Waals surface area contributed by atoms with E-state index in [2.05, 4.69) is 20.6 Å². The molecule has 33 heavy (non-hydrogen) atoms. The third-order valence-corrected chi connectivity index (χ3v) is 4.47. The van der Waals surface area contributed by atoms with E-state index in [1.54, 1.807) is 37.7 Å². The van der Waals surface area contributed by atoms with Gasteiger partial charge in [0.25, 0.3) is 0 Å². The molecule has 0 fully saturated rings. The Morgan fingerprint density at radius 1 is 1.24 bits per heavy atom. The number of nitrogens with zero attached hydrogens (tertiary/aromatic N) is 3. The van der Waals surface area contributed by atoms with E-state index < -0.39 is 23.3 Å². The number of allylic oxidation sites excluding steroid dienone is 2. The van der Waals surface area contributed by atoms with Crippen LogP contribution in [-0.2, 0) is 4.74 Å². The molecule has 2 aromatic heterocycles. The van der Waals surface area contributed by atoms with Crippen molar-refractivity contribution in [1.82, 2.24) is 19.7 Å². The van der Waals surface area contributed by atoms with Crippen molar-refractivity contribution in [2.45, 2.75) is 46.6 Å². The number of halogens is 2. The van der Waals surface area contributed by atoms with Crippen LogP contribution >= 0.6 is 0 Å². The smallest absolute Gasteiger partial charge is 0.412 e. The minimum atomic E-state index is -0.950. The maximum atomic E-state index is 15.2. The van der Waals surface area contributed by atoms with Crippen molar-refractivity contribution in [2.24, 2.45) is 0 Å². The van der Waals surface area contributed by atoms with Crippen LogP contribution in [0.1, 0.15) is 46.7 Å². The second kappa shape index (κ2) is 9.81. The van der Waals surface area contributed by atoms with E-state index in [-0.39, 0.29) is 16.9 Å². The van der Waals surface area contributed by atoms with Gasteiger partial charge in [-0.25, -0.2) is 18.6 Å². The second-order valence-electron chi connectivity index (χ2n) is 8.24. The number of hydrogen-bond acceptors (Lipinski definition) is 5. The molecule has 0 aliphatic carbocycles. The molecule has 3 aromatic rings. The lowest BCUT2D eigenvalue weighted by atomic mass is 10.1. The van der Waals surface area contributed by atoms with E-state index in [0.717, 1.165) is 24.3 Å². The number of benzene rings is 1. The molecule has 0 atom stereocenters. The number of fused-ring (bicyclic) bond motifs is 1. The summed E-state index contributed by atoms with van der Waals surface area (Å²) in [7, 11) is 0. The molecule has 9 heteroatoms. The van der Waals surface area contributed by atoms with Crippen LogP contribution in [0.5, 0.6) is 0 Å². The highest BCUT2D eigenvalue weighted by Crippen LogP contribution is 2.30. The number of carbonyl (C=O) groups excluding carboxylic acids is 1. The molecule has 0 bridgehead atoms. The number of imidazole rings is 1. The van der Waals surface area contributed by atoms with Crippen molar-refractivity contribution in [3.8, 4) is 11.3 Å². The summed E-state index contributed by atoms with van der Waals surface area (Å²) in [5.41, 5.74) is 0.844. The SMILES string of the molecule is C/C=C\N/C(=C\CC)c1ncn2cc(-c3c(F)ccc(NC(=O)OC(C)(C)C)c3F)ncc12. The van der Waals surface area contributed by atoms with Gasteiger partial charge in [0.15, 0.2) is 5.82 Å². The van der Waals surface area contributed by atoms with Gasteiger partial charge in [-0.1, -0.05) is 19.1 Å². The van der Waals surface area contributed by atoms with Gasteiger partial charge in [-0.05, 0) is 52.4 Å². The Hall–Kier alpha value is -3.75. The molecule has 0 aliphatic rings. The lowest BCUT2D eigenvalue weighted by molar-refractivity contribution is 0.0635. The zero-order chi connectivity index (χ0) is 24.2. The average molecular weight is 456 g/mol. The summed E-state index contributed by atoms with van der Waals surface area (Å²) >= 11 is 0. The highest BCUT2D eigenvalue weighted by molar-refractivity contribution is 5.86. The van der Waals surface area contributed by atoms with Crippen LogP contribution in [0.25, 0.3) is 22.5 Å². The Balaban J connectivity index is 2.00. The Bertz CT molecular complexity index is 1230. The number of carbonyl (C=O) groups is 1. The van der Waals surface area contributed by atoms with Crippen molar-refractivity contribution in [1.29, 1.82) is 0 Å². The van der Waals surface area contributed by atoms with Gasteiger partial charge < -0.3 is 14.5 Å². The van der Waals surface area contributed by atoms with E-state index in [1.165, 1.54) is 12.4 Å². The number of amides is 1. The molecule has 174 valence electrons. The molecule has 1 aromatic carbocycles. The number of hydrogen-bond donors (Lipinski definition) is 2. The van der Waals surface area contributed by atoms with Gasteiger partial charge >= 0.3 is 6.09 Å². The van der Waals surface area contributed by atoms with Crippen molar-refractivity contribution in [2.75, 3.05) is 5.32 Å². The minimum absolute atomic E-state index is 0.0525. The molecule has 1 amide bonds. The highest BCUT2D eigenvalue weighted by atomic mass is 19.1. The summed E-state index contributed by atoms with van der Waals surface area (Å²) in [5, 5.41) is 5.50. The average Bonchev–Trinajstić information content (AvgIpc) is 3.15. The van der Waals surface area contributed by atoms with Crippen molar-refractivity contribution >= 4 is 23.0 Å². The Morgan fingerprint density at radius 3 is 2.67 bits per heavy atom. The summed E-state index contributed by atoms with van der Waals surface area (Å²) in [4.78, 5) is 20.8. The molecule has 2 heterocycles. The topological polar surface area (TPSA) is 80.5 Å². The second-order valence-corrected chi connectivity index (χ2v) is 8.24. The Morgan fingerprint density at radius 2 is 2.00 bits per heavy atom. The maximum absolute atomic E-state index is 15.2. The number of anilines is 1. The summed E-state index contributed by atoms with van der Waals surface area (Å²) in [5.74, 6) is -1.76. The van der Waals surface area contributed by atoms with Crippen molar-refractivity contribution in [3.63, 3.8) is 0 Å². The standard InChI is InChI=1S/C24H27F2N5O2/c1-6-8-17(27-11-7-2)22-19-12-28-18(13-31(19)14-29-22)20-15(25)9-10-16(21(20)26)30-23(32)33-24(3,4)5/h7-14,27H,6H2,1-5H3,(H,30,32)/b11-7-,17-8-. The first-order valence-electron chi connectivity index (χ1n) is 10.5. The minimum Gasteiger partial charge on any atom is -0.444 e. The van der Waals surface area contributed by atoms with Crippen molar-refractivity contribution in [3.05, 3.63) is 66.5 Å². The molecule has 7 nitrogen and oxygen atoms in total. The highest BCUT2D eigenvalue weighted by Gasteiger charge is 2.22. The van der Waals surface area contributed by atoms with Crippen molar-refractivity contribution < 1.29 is 18.3 Å². The number of aromatic nitrogens is 3. The normalized spacial score (nSPS) is 12.4. The van der Waals surface area contributed by atoms with Gasteiger partial charge in [-0.15, -0.1) is 0 Å². The van der Waals surface area contributed by atoms with Crippen LogP contribution in [0.3, 0.4) is 0 Å². The van der Waals surface area contributed by atoms with Crippen LogP contribution in [0.2, 0.25) is 0 Å². The predicted octanol–water partition coefficient (Wildman–Crippen LogP) is 5.90. The number of ether oxygens (including phenoxy) is 1. The van der Waals surface area contributed by atoms with Crippen LogP contribution in [0, 0.1) is 11.6 Å². The van der Waals surface area contributed by atoms with Gasteiger partial charge in [-0.3, -0.25) is 10.3 Å². The quantitative estimate of drug-likeness (QED) is 0.484. The van der Waals surface area contributed by atoms with E-state index >= 15 is 4.39 Å². The molecule has 0 spiro atoms. The van der Waals surface area contributed by atoms with Crippen LogP contribution in [-0.4, -0.2) is 26.1 Å². The zero-order valence-electron chi connectivity index (χ0n) is 19.2. The predicted molar refractivity (Wildman–Crippen MR) is 124 cm³/mol. The fourth-order valence-electron chi connectivity index (χ4n) is 3.13. The van der Waals surface area contributed by atoms with Gasteiger partial charge in [-0.2, -0.15) is 0 Å². The first-order chi connectivity index (χ1) is 15.6. The van der Waals surface area contributed by atoms with E-state index in [9.17, 15) is 9.18 Å². The summed E-state index contributed by atoms with van der Waals surface area (Å²) in [6.07, 6.45) is 10.1. The van der Waals surface area contributed by atoms with Gasteiger partial charge in [0.05, 0.1) is 34.4 Å². The van der Waals surface area contributed by atoms with Crippen LogP contribution < -0.4 is 10.6 Å². The Kier molecular flexibility index (Phi) is 7.10. The molecule has 0 aliphatic heterocycles. The van der Waals surface area contributed by atoms with E-state index in [0.29, 0.717) is 11.2 Å². The Labute approximate surface area is 191 Å². The molecule has 2 N–H and O–H groups in total. The van der Waals surface area contributed by atoms with Gasteiger partial charge in [0.2, 0.25) is 0 Å². The fourth-order valence-corrected chi connectivity index (χ4v) is 3.13. The number of rotatable bonds is 6. The van der Waals surface area contributed by atoms with Gasteiger partial charge in [0, 0.05) is 6.20 Å². The summed E-state index contributed by atoms with van der Waals surface area (Å²) in [6, 6.07) is 2.21. The first-order valence-corrected chi connectivity index (χ1v) is 10.5. The maximum Gasteiger partial charge on any atom is 0.412 e. The number of nitrogens with one attached hydrogen (secondary N) is 2. The first kappa shape index (κ1) is 23.9. The largest absolute Gasteiger partial charge is 0.444 e. The molecule has 0 unspecified atom stereocenters. The van der Waals surface area contributed by atoms with E-state index in [1.807, 2.05) is 26.0 Å². The molecular weight excluding hydrogens is 428 g/mol. The molecule has 3 rings (SSSR count). The van der Waals surface area contributed by atoms with E-state index in [4.69, 9.17) is 4.74 Å². The fraction of sp³-hybridized carbons (Fsp3) is 0.292. The molecule has 0 radical (unpaired) electrons. The third-order valence-electron chi connectivity index (χ3n) is 4.47. The molecule has 0 saturated heterocycles. The monoisotopic (exact) mass is 455 g/mol. The van der Waals surface area contributed by atoms with Crippen LogP contribution in [0.4, 0.5) is 19.3 Å². The van der Waals surface area contributed by atoms with Crippen LogP contribution in [0.15, 0.2) is 49.2 Å². The molecule has 0 saturated carbocycles. The molecular formula is C24H27F2N5O2. The zero-order valence-corrected chi connectivity index (χ0v) is 19.2. The lowest BCUT2D eigenvalue weighted by Gasteiger charge is -2.20. The lowest BCUT2D eigenvalue weighted by Crippen LogP contribution is -2.27. The third kappa shape index (κ3) is 5.54. The van der Waals surface area contributed by atoms with Gasteiger partial charge in [0.1, 0.15) is 23.4 Å².